The van der Waals surface area contributed by atoms with E-state index >= 15 is 0 Å². The topological polar surface area (TPSA) is 102 Å². The van der Waals surface area contributed by atoms with E-state index in [9.17, 15) is 13.2 Å². The molecule has 1 aliphatic heterocycles. The van der Waals surface area contributed by atoms with Gasteiger partial charge < -0.3 is 11.1 Å². The Morgan fingerprint density at radius 1 is 1.50 bits per heavy atom. The number of fused-ring (bicyclic) bond motifs is 1. The number of aromatic nitrogens is 1. The van der Waals surface area contributed by atoms with Crippen LogP contribution >= 0.6 is 11.3 Å². The molecule has 0 aliphatic carbocycles. The molecule has 3 heterocycles. The molecule has 1 atom stereocenters. The zero-order valence-electron chi connectivity index (χ0n) is 10.2. The lowest BCUT2D eigenvalue weighted by molar-refractivity contribution is 0.0952. The summed E-state index contributed by atoms with van der Waals surface area (Å²) in [6.07, 6.45) is 4.73. The van der Waals surface area contributed by atoms with E-state index in [1.54, 1.807) is 18.5 Å². The molecule has 20 heavy (non-hydrogen) atoms. The number of nitrogens with zero attached hydrogens (tertiary/aromatic N) is 1. The third-order valence-corrected chi connectivity index (χ3v) is 5.53. The zero-order chi connectivity index (χ0) is 14.3. The van der Waals surface area contributed by atoms with E-state index in [2.05, 4.69) is 10.3 Å². The number of carbonyl (C=O) groups excluding carboxylic acids is 1. The number of carbonyl (C=O) groups is 1. The van der Waals surface area contributed by atoms with Crippen molar-refractivity contribution in [3.8, 4) is 0 Å². The summed E-state index contributed by atoms with van der Waals surface area (Å²) < 4.78 is 23.4. The number of amides is 1. The minimum atomic E-state index is -3.19. The lowest BCUT2D eigenvalue weighted by Crippen LogP contribution is -2.35. The molecule has 3 N–H and O–H groups in total. The highest BCUT2D eigenvalue weighted by Gasteiger charge is 2.25. The SMILES string of the molecule is Nc1c(C(=O)NC2C=CS(=O)(=O)C2)sc2cnccc12. The van der Waals surface area contributed by atoms with E-state index < -0.39 is 15.9 Å². The van der Waals surface area contributed by atoms with Crippen LogP contribution in [0.4, 0.5) is 5.69 Å². The molecule has 0 radical (unpaired) electrons. The van der Waals surface area contributed by atoms with Crippen molar-refractivity contribution < 1.29 is 13.2 Å². The largest absolute Gasteiger partial charge is 0.397 e. The minimum Gasteiger partial charge on any atom is -0.397 e. The Morgan fingerprint density at radius 2 is 2.30 bits per heavy atom. The first-order valence-electron chi connectivity index (χ1n) is 5.80. The molecule has 6 nitrogen and oxygen atoms in total. The Kier molecular flexibility index (Phi) is 2.98. The first kappa shape index (κ1) is 13.1. The molecule has 0 aromatic carbocycles. The third kappa shape index (κ3) is 2.27. The summed E-state index contributed by atoms with van der Waals surface area (Å²) in [6, 6.07) is 1.24. The third-order valence-electron chi connectivity index (χ3n) is 2.98. The average Bonchev–Trinajstić information content (AvgIpc) is 2.91. The summed E-state index contributed by atoms with van der Waals surface area (Å²) >= 11 is 1.24. The van der Waals surface area contributed by atoms with E-state index in [1.807, 2.05) is 0 Å². The van der Waals surface area contributed by atoms with Crippen LogP contribution < -0.4 is 11.1 Å². The predicted octanol–water partition coefficient (Wildman–Crippen LogP) is 0.919. The molecule has 104 valence electrons. The summed E-state index contributed by atoms with van der Waals surface area (Å²) in [6.45, 7) is 0. The second kappa shape index (κ2) is 4.57. The summed E-state index contributed by atoms with van der Waals surface area (Å²) in [5.74, 6) is -0.471. The number of thiophene rings is 1. The molecule has 0 fully saturated rings. The first-order valence-corrected chi connectivity index (χ1v) is 8.33. The van der Waals surface area contributed by atoms with Gasteiger partial charge in [-0.3, -0.25) is 9.78 Å². The second-order valence-electron chi connectivity index (χ2n) is 4.45. The number of nitrogens with two attached hydrogens (primary N) is 1. The molecule has 0 saturated carbocycles. The van der Waals surface area contributed by atoms with Crippen LogP contribution in [0.2, 0.25) is 0 Å². The standard InChI is InChI=1S/C12H11N3O3S2/c13-10-8-1-3-14-5-9(8)19-11(10)12(16)15-7-2-4-20(17,18)6-7/h1-5,7H,6,13H2,(H,15,16). The number of pyridine rings is 1. The van der Waals surface area contributed by atoms with E-state index in [-0.39, 0.29) is 11.7 Å². The quantitative estimate of drug-likeness (QED) is 0.859. The Balaban J connectivity index is 1.87. The van der Waals surface area contributed by atoms with Gasteiger partial charge in [0.25, 0.3) is 5.91 Å². The highest BCUT2D eigenvalue weighted by Crippen LogP contribution is 2.32. The van der Waals surface area contributed by atoms with Crippen LogP contribution in [0.25, 0.3) is 10.1 Å². The van der Waals surface area contributed by atoms with Gasteiger partial charge in [-0.05, 0) is 12.1 Å². The number of anilines is 1. The first-order chi connectivity index (χ1) is 9.46. The number of hydrogen-bond donors (Lipinski definition) is 2. The molecule has 3 rings (SSSR count). The number of sulfone groups is 1. The van der Waals surface area contributed by atoms with Gasteiger partial charge in [0.1, 0.15) is 4.88 Å². The lowest BCUT2D eigenvalue weighted by atomic mass is 10.2. The van der Waals surface area contributed by atoms with Crippen molar-refractivity contribution in [2.24, 2.45) is 0 Å². The van der Waals surface area contributed by atoms with Gasteiger partial charge in [0.05, 0.1) is 22.2 Å². The van der Waals surface area contributed by atoms with Crippen molar-refractivity contribution in [1.82, 2.24) is 10.3 Å². The number of hydrogen-bond acceptors (Lipinski definition) is 6. The summed E-state index contributed by atoms with van der Waals surface area (Å²) in [5.41, 5.74) is 6.35. The van der Waals surface area contributed by atoms with Crippen LogP contribution in [-0.4, -0.2) is 31.1 Å². The molecule has 1 aliphatic rings. The molecular weight excluding hydrogens is 298 g/mol. The van der Waals surface area contributed by atoms with Crippen LogP contribution in [-0.2, 0) is 9.84 Å². The minimum absolute atomic E-state index is 0.106. The van der Waals surface area contributed by atoms with Gasteiger partial charge >= 0.3 is 0 Å². The van der Waals surface area contributed by atoms with Gasteiger partial charge in [0.2, 0.25) is 0 Å². The van der Waals surface area contributed by atoms with Crippen LogP contribution in [0, 0.1) is 0 Å². The Labute approximate surface area is 119 Å². The maximum Gasteiger partial charge on any atom is 0.264 e. The van der Waals surface area contributed by atoms with E-state index in [0.29, 0.717) is 10.6 Å². The van der Waals surface area contributed by atoms with E-state index in [1.165, 1.54) is 17.4 Å². The van der Waals surface area contributed by atoms with E-state index in [4.69, 9.17) is 5.73 Å². The van der Waals surface area contributed by atoms with Crippen molar-refractivity contribution in [3.05, 3.63) is 34.8 Å². The average molecular weight is 309 g/mol. The Hall–Kier alpha value is -1.93. The van der Waals surface area contributed by atoms with Gasteiger partial charge in [0, 0.05) is 23.2 Å². The fourth-order valence-corrected chi connectivity index (χ4v) is 4.27. The maximum atomic E-state index is 12.2. The highest BCUT2D eigenvalue weighted by molar-refractivity contribution is 7.94. The molecule has 1 amide bonds. The summed E-state index contributed by atoms with van der Waals surface area (Å²) in [7, 11) is -3.19. The molecule has 0 spiro atoms. The van der Waals surface area contributed by atoms with Crippen molar-refractivity contribution in [2.45, 2.75) is 6.04 Å². The lowest BCUT2D eigenvalue weighted by Gasteiger charge is -2.09. The van der Waals surface area contributed by atoms with Crippen LogP contribution in [0.5, 0.6) is 0 Å². The Morgan fingerprint density at radius 3 is 2.95 bits per heavy atom. The van der Waals surface area contributed by atoms with Gasteiger partial charge in [0.15, 0.2) is 9.84 Å². The summed E-state index contributed by atoms with van der Waals surface area (Å²) in [4.78, 5) is 16.5. The van der Waals surface area contributed by atoms with Crippen LogP contribution in [0.1, 0.15) is 9.67 Å². The van der Waals surface area contributed by atoms with Crippen molar-refractivity contribution in [1.29, 1.82) is 0 Å². The molecule has 0 bridgehead atoms. The van der Waals surface area contributed by atoms with Gasteiger partial charge in [-0.1, -0.05) is 0 Å². The number of rotatable bonds is 2. The highest BCUT2D eigenvalue weighted by atomic mass is 32.2. The normalized spacial score (nSPS) is 20.3. The van der Waals surface area contributed by atoms with Gasteiger partial charge in [-0.15, -0.1) is 11.3 Å². The number of nitrogen functional groups attached to an aromatic ring is 1. The molecule has 0 saturated heterocycles. The molecule has 1 unspecified atom stereocenters. The molecular formula is C12H11N3O3S2. The van der Waals surface area contributed by atoms with Crippen molar-refractivity contribution in [3.63, 3.8) is 0 Å². The summed E-state index contributed by atoms with van der Waals surface area (Å²) in [5, 5.41) is 4.56. The molecule has 8 heteroatoms. The maximum absolute atomic E-state index is 12.2. The molecule has 2 aromatic rings. The second-order valence-corrected chi connectivity index (χ2v) is 7.44. The van der Waals surface area contributed by atoms with E-state index in [0.717, 1.165) is 15.5 Å². The fraction of sp³-hybridized carbons (Fsp3) is 0.167. The predicted molar refractivity (Wildman–Crippen MR) is 78.2 cm³/mol. The van der Waals surface area contributed by atoms with Crippen LogP contribution in [0.3, 0.4) is 0 Å². The number of nitrogens with one attached hydrogen (secondary N) is 1. The fourth-order valence-electron chi connectivity index (χ4n) is 2.04. The van der Waals surface area contributed by atoms with Crippen molar-refractivity contribution >= 4 is 42.9 Å². The van der Waals surface area contributed by atoms with Gasteiger partial charge in [-0.2, -0.15) is 0 Å². The van der Waals surface area contributed by atoms with Crippen molar-refractivity contribution in [2.75, 3.05) is 11.5 Å². The smallest absolute Gasteiger partial charge is 0.264 e. The Bertz CT molecular complexity index is 824. The zero-order valence-corrected chi connectivity index (χ0v) is 11.9. The monoisotopic (exact) mass is 309 g/mol. The molecule has 2 aromatic heterocycles. The van der Waals surface area contributed by atoms with Gasteiger partial charge in [-0.25, -0.2) is 8.42 Å². The van der Waals surface area contributed by atoms with Crippen LogP contribution in [0.15, 0.2) is 29.9 Å².